The molecule has 2 aromatic carbocycles. The molecule has 0 bridgehead atoms. The summed E-state index contributed by atoms with van der Waals surface area (Å²) < 4.78 is 6.41. The van der Waals surface area contributed by atoms with Gasteiger partial charge in [0.2, 0.25) is 0 Å². The molecular weight excluding hydrogens is 292 g/mol. The second kappa shape index (κ2) is 6.00. The van der Waals surface area contributed by atoms with Crippen LogP contribution in [-0.2, 0) is 0 Å². The number of nitrogens with zero attached hydrogens (tertiary/aromatic N) is 2. The summed E-state index contributed by atoms with van der Waals surface area (Å²) in [5.74, 6) is 0.815. The topological polar surface area (TPSA) is 45.9 Å². The maximum absolute atomic E-state index is 9.46. The third-order valence-corrected chi connectivity index (χ3v) is 4.46. The Balaban J connectivity index is 2.05. The van der Waals surface area contributed by atoms with Crippen molar-refractivity contribution in [2.45, 2.75) is 6.92 Å². The zero-order valence-electron chi connectivity index (χ0n) is 12.3. The highest BCUT2D eigenvalue weighted by atomic mass is 32.1. The van der Waals surface area contributed by atoms with Crippen LogP contribution in [0.3, 0.4) is 0 Å². The fourth-order valence-corrected chi connectivity index (χ4v) is 3.15. The van der Waals surface area contributed by atoms with Crippen LogP contribution in [0.1, 0.15) is 16.1 Å². The fraction of sp³-hybridized carbons (Fsp3) is 0.111. The first-order chi connectivity index (χ1) is 10.7. The first kappa shape index (κ1) is 14.3. The normalized spacial score (nSPS) is 11.4. The van der Waals surface area contributed by atoms with Crippen LogP contribution in [0.2, 0.25) is 0 Å². The largest absolute Gasteiger partial charge is 0.496 e. The summed E-state index contributed by atoms with van der Waals surface area (Å²) in [6.45, 7) is 1.99. The second-order valence-corrected chi connectivity index (χ2v) is 5.92. The van der Waals surface area contributed by atoms with Crippen LogP contribution < -0.4 is 4.74 Å². The smallest absolute Gasteiger partial charge is 0.135 e. The highest BCUT2D eigenvalue weighted by molar-refractivity contribution is 7.19. The van der Waals surface area contributed by atoms with E-state index in [2.05, 4.69) is 11.1 Å². The van der Waals surface area contributed by atoms with E-state index in [1.54, 1.807) is 7.11 Å². The molecule has 1 heterocycles. The average molecular weight is 306 g/mol. The second-order valence-electron chi connectivity index (χ2n) is 4.89. The molecule has 0 fully saturated rings. The number of allylic oxidation sites excluding steroid dienone is 1. The van der Waals surface area contributed by atoms with Gasteiger partial charge in [0.1, 0.15) is 16.8 Å². The summed E-state index contributed by atoms with van der Waals surface area (Å²) >= 11 is 1.53. The Kier molecular flexibility index (Phi) is 3.90. The van der Waals surface area contributed by atoms with Gasteiger partial charge in [-0.2, -0.15) is 5.26 Å². The molecule has 0 N–H and O–H groups in total. The lowest BCUT2D eigenvalue weighted by molar-refractivity contribution is 0.411. The zero-order valence-corrected chi connectivity index (χ0v) is 13.1. The van der Waals surface area contributed by atoms with E-state index in [9.17, 15) is 5.26 Å². The van der Waals surface area contributed by atoms with E-state index in [4.69, 9.17) is 4.74 Å². The highest BCUT2D eigenvalue weighted by Gasteiger charge is 2.09. The monoisotopic (exact) mass is 306 g/mol. The van der Waals surface area contributed by atoms with Gasteiger partial charge in [0, 0.05) is 0 Å². The van der Waals surface area contributed by atoms with Crippen molar-refractivity contribution in [2.75, 3.05) is 7.11 Å². The van der Waals surface area contributed by atoms with Crippen molar-refractivity contribution in [3.63, 3.8) is 0 Å². The quantitative estimate of drug-likeness (QED) is 0.660. The molecule has 0 saturated heterocycles. The van der Waals surface area contributed by atoms with E-state index in [1.165, 1.54) is 11.3 Å². The molecule has 0 atom stereocenters. The summed E-state index contributed by atoms with van der Waals surface area (Å²) in [4.78, 5) is 4.54. The van der Waals surface area contributed by atoms with Crippen LogP contribution in [0.4, 0.5) is 0 Å². The third-order valence-electron chi connectivity index (χ3n) is 3.39. The van der Waals surface area contributed by atoms with Crippen molar-refractivity contribution < 1.29 is 4.74 Å². The maximum Gasteiger partial charge on any atom is 0.135 e. The first-order valence-corrected chi connectivity index (χ1v) is 7.65. The number of aryl methyl sites for hydroxylation is 1. The van der Waals surface area contributed by atoms with Gasteiger partial charge in [0.05, 0.1) is 22.9 Å². The Labute approximate surface area is 133 Å². The van der Waals surface area contributed by atoms with E-state index in [0.29, 0.717) is 5.57 Å². The van der Waals surface area contributed by atoms with Crippen molar-refractivity contribution in [2.24, 2.45) is 0 Å². The summed E-state index contributed by atoms with van der Waals surface area (Å²) in [6.07, 6.45) is 1.85. The zero-order chi connectivity index (χ0) is 15.5. The molecule has 0 aliphatic carbocycles. The molecule has 0 aliphatic heterocycles. The van der Waals surface area contributed by atoms with Gasteiger partial charge in [0.25, 0.3) is 0 Å². The molecule has 0 saturated carbocycles. The molecule has 3 rings (SSSR count). The number of hydrogen-bond donors (Lipinski definition) is 0. The number of nitriles is 1. The van der Waals surface area contributed by atoms with E-state index in [-0.39, 0.29) is 0 Å². The van der Waals surface area contributed by atoms with Crippen LogP contribution in [0.5, 0.6) is 5.75 Å². The molecule has 108 valence electrons. The minimum absolute atomic E-state index is 0.562. The number of rotatable bonds is 3. The number of para-hydroxylation sites is 1. The number of benzene rings is 2. The van der Waals surface area contributed by atoms with Crippen LogP contribution >= 0.6 is 11.3 Å². The molecule has 22 heavy (non-hydrogen) atoms. The van der Waals surface area contributed by atoms with Crippen LogP contribution in [0.25, 0.3) is 21.9 Å². The third kappa shape index (κ3) is 2.72. The van der Waals surface area contributed by atoms with Crippen molar-refractivity contribution in [3.8, 4) is 11.8 Å². The van der Waals surface area contributed by atoms with Gasteiger partial charge < -0.3 is 4.74 Å². The number of thiazole rings is 1. The summed E-state index contributed by atoms with van der Waals surface area (Å²) in [6, 6.07) is 16.0. The Bertz CT molecular complexity index is 870. The Morgan fingerprint density at radius 1 is 1.27 bits per heavy atom. The molecule has 3 nitrogen and oxygen atoms in total. The van der Waals surface area contributed by atoms with Crippen molar-refractivity contribution in [1.82, 2.24) is 4.98 Å². The van der Waals surface area contributed by atoms with Crippen molar-refractivity contribution >= 4 is 33.2 Å². The predicted octanol–water partition coefficient (Wildman–Crippen LogP) is 4.68. The lowest BCUT2D eigenvalue weighted by Crippen LogP contribution is -1.88. The van der Waals surface area contributed by atoms with E-state index < -0.39 is 0 Å². The standard InChI is InChI=1S/C18H14N2OS/c1-12-7-8-13(10-16(12)21-2)9-14(11-19)18-20-15-5-3-4-6-17(15)22-18/h3-10H,1-2H3. The highest BCUT2D eigenvalue weighted by Crippen LogP contribution is 2.29. The van der Waals surface area contributed by atoms with Gasteiger partial charge in [-0.15, -0.1) is 11.3 Å². The average Bonchev–Trinajstić information content (AvgIpc) is 2.97. The van der Waals surface area contributed by atoms with Crippen molar-refractivity contribution in [1.29, 1.82) is 5.26 Å². The summed E-state index contributed by atoms with van der Waals surface area (Å²) in [5, 5.41) is 10.2. The van der Waals surface area contributed by atoms with Crippen LogP contribution in [-0.4, -0.2) is 12.1 Å². The van der Waals surface area contributed by atoms with E-state index >= 15 is 0 Å². The number of ether oxygens (including phenoxy) is 1. The van der Waals surface area contributed by atoms with Crippen LogP contribution in [0.15, 0.2) is 42.5 Å². The molecule has 0 aliphatic rings. The lowest BCUT2D eigenvalue weighted by atomic mass is 10.1. The molecule has 1 aromatic heterocycles. The minimum atomic E-state index is 0.562. The van der Waals surface area contributed by atoms with Crippen molar-refractivity contribution in [3.05, 3.63) is 58.6 Å². The molecule has 0 radical (unpaired) electrons. The molecular formula is C18H14N2OS. The lowest BCUT2D eigenvalue weighted by Gasteiger charge is -2.05. The molecule has 0 amide bonds. The van der Waals surface area contributed by atoms with Gasteiger partial charge in [-0.05, 0) is 42.3 Å². The SMILES string of the molecule is COc1cc(C=C(C#N)c2nc3ccccc3s2)ccc1C. The molecule has 0 spiro atoms. The number of fused-ring (bicyclic) bond motifs is 1. The Morgan fingerprint density at radius 2 is 2.09 bits per heavy atom. The Hall–Kier alpha value is -2.64. The number of methoxy groups -OCH3 is 1. The Morgan fingerprint density at radius 3 is 2.82 bits per heavy atom. The number of hydrogen-bond acceptors (Lipinski definition) is 4. The fourth-order valence-electron chi connectivity index (χ4n) is 2.22. The predicted molar refractivity (Wildman–Crippen MR) is 90.8 cm³/mol. The van der Waals surface area contributed by atoms with Gasteiger partial charge in [-0.25, -0.2) is 4.98 Å². The van der Waals surface area contributed by atoms with Gasteiger partial charge in [0.15, 0.2) is 0 Å². The van der Waals surface area contributed by atoms with Crippen LogP contribution in [0, 0.1) is 18.3 Å². The maximum atomic E-state index is 9.46. The molecule has 3 aromatic rings. The first-order valence-electron chi connectivity index (χ1n) is 6.83. The van der Waals surface area contributed by atoms with E-state index in [0.717, 1.165) is 32.1 Å². The minimum Gasteiger partial charge on any atom is -0.496 e. The molecule has 4 heteroatoms. The van der Waals surface area contributed by atoms with E-state index in [1.807, 2.05) is 55.5 Å². The summed E-state index contributed by atoms with van der Waals surface area (Å²) in [7, 11) is 1.65. The number of aromatic nitrogens is 1. The van der Waals surface area contributed by atoms with Gasteiger partial charge >= 0.3 is 0 Å². The molecule has 0 unspecified atom stereocenters. The van der Waals surface area contributed by atoms with Gasteiger partial charge in [-0.3, -0.25) is 0 Å². The summed E-state index contributed by atoms with van der Waals surface area (Å²) in [5.41, 5.74) is 3.48. The van der Waals surface area contributed by atoms with Gasteiger partial charge in [-0.1, -0.05) is 24.3 Å².